The minimum absolute atomic E-state index is 0.132. The molecule has 0 radical (unpaired) electrons. The molecule has 2 heterocycles. The first-order valence-electron chi connectivity index (χ1n) is 9.32. The molecular formula is C21H22N6O3. The van der Waals surface area contributed by atoms with Gasteiger partial charge >= 0.3 is 0 Å². The fraction of sp³-hybridized carbons (Fsp3) is 0.238. The summed E-state index contributed by atoms with van der Waals surface area (Å²) in [5.41, 5.74) is 7.47. The van der Waals surface area contributed by atoms with E-state index in [-0.39, 0.29) is 12.1 Å². The van der Waals surface area contributed by atoms with Gasteiger partial charge in [-0.15, -0.1) is 0 Å². The summed E-state index contributed by atoms with van der Waals surface area (Å²) in [5, 5.41) is 6.97. The van der Waals surface area contributed by atoms with Gasteiger partial charge < -0.3 is 11.1 Å². The summed E-state index contributed by atoms with van der Waals surface area (Å²) in [6, 6.07) is 11.2. The molecular weight excluding hydrogens is 384 g/mol. The summed E-state index contributed by atoms with van der Waals surface area (Å²) < 4.78 is 1.39. The number of nitrogens with one attached hydrogen (secondary N) is 1. The highest BCUT2D eigenvalue weighted by Crippen LogP contribution is 2.13. The number of nitrogens with two attached hydrogens (primary N) is 1. The zero-order chi connectivity index (χ0) is 21.8. The quantitative estimate of drug-likeness (QED) is 0.562. The Labute approximate surface area is 173 Å². The zero-order valence-electron chi connectivity index (χ0n) is 16.9. The first kappa shape index (κ1) is 20.8. The van der Waals surface area contributed by atoms with Crippen molar-refractivity contribution >= 4 is 17.6 Å². The number of carbonyl (C=O) groups is 3. The van der Waals surface area contributed by atoms with Crippen LogP contribution in [0.5, 0.6) is 0 Å². The van der Waals surface area contributed by atoms with Gasteiger partial charge in [-0.05, 0) is 32.4 Å². The van der Waals surface area contributed by atoms with Gasteiger partial charge in [0.15, 0.2) is 5.82 Å². The Morgan fingerprint density at radius 1 is 1.03 bits per heavy atom. The molecule has 0 saturated heterocycles. The molecule has 3 N–H and O–H groups in total. The first-order valence-corrected chi connectivity index (χ1v) is 9.32. The first-order chi connectivity index (χ1) is 14.2. The van der Waals surface area contributed by atoms with Crippen LogP contribution in [0.1, 0.15) is 33.3 Å². The highest BCUT2D eigenvalue weighted by atomic mass is 16.2. The van der Waals surface area contributed by atoms with E-state index < -0.39 is 23.6 Å². The fourth-order valence-corrected chi connectivity index (χ4v) is 3.10. The zero-order valence-corrected chi connectivity index (χ0v) is 16.9. The van der Waals surface area contributed by atoms with E-state index in [9.17, 15) is 14.4 Å². The smallest absolute Gasteiger partial charge is 0.287 e. The summed E-state index contributed by atoms with van der Waals surface area (Å²) in [5.74, 6) is -1.58. The molecule has 3 aromatic rings. The number of carbonyl (C=O) groups excluding carboxylic acids is 3. The van der Waals surface area contributed by atoms with Gasteiger partial charge in [0.2, 0.25) is 5.78 Å². The van der Waals surface area contributed by atoms with E-state index in [1.807, 2.05) is 13.0 Å². The maximum atomic E-state index is 13.0. The van der Waals surface area contributed by atoms with Gasteiger partial charge in [0.05, 0.1) is 5.69 Å². The minimum atomic E-state index is -1.11. The van der Waals surface area contributed by atoms with Crippen LogP contribution in [-0.4, -0.2) is 43.4 Å². The number of benzene rings is 1. The molecule has 2 aromatic heterocycles. The number of ketones is 1. The van der Waals surface area contributed by atoms with E-state index >= 15 is 0 Å². The van der Waals surface area contributed by atoms with Gasteiger partial charge in [0, 0.05) is 18.2 Å². The van der Waals surface area contributed by atoms with Crippen molar-refractivity contribution in [2.24, 2.45) is 5.73 Å². The van der Waals surface area contributed by atoms with Gasteiger partial charge in [0.1, 0.15) is 17.6 Å². The maximum absolute atomic E-state index is 13.0. The molecule has 30 heavy (non-hydrogen) atoms. The van der Waals surface area contributed by atoms with Crippen LogP contribution in [0.4, 0.5) is 0 Å². The van der Waals surface area contributed by atoms with Crippen molar-refractivity contribution in [3.8, 4) is 5.82 Å². The number of aryl methyl sites for hydroxylation is 3. The van der Waals surface area contributed by atoms with Crippen molar-refractivity contribution in [2.75, 3.05) is 0 Å². The number of rotatable bonds is 7. The Bertz CT molecular complexity index is 1090. The average molecular weight is 406 g/mol. The second-order valence-electron chi connectivity index (χ2n) is 6.94. The number of Topliss-reactive ketones (excluding diaryl/α,β-unsaturated/α-hetero) is 1. The standard InChI is InChI=1S/C21H22N6O3/c1-12-10-18(24-14(3)23-12)27-17(9-13(2)26-27)21(30)25-16(19(28)20(22)29)11-15-7-5-4-6-8-15/h4-10,16H,11H2,1-3H3,(H2,22,29)(H,25,30)/t16-/m0/s1. The van der Waals surface area contributed by atoms with Crippen molar-refractivity contribution < 1.29 is 14.4 Å². The van der Waals surface area contributed by atoms with Gasteiger partial charge in [-0.2, -0.15) is 5.10 Å². The van der Waals surface area contributed by atoms with Crippen molar-refractivity contribution in [3.63, 3.8) is 0 Å². The highest BCUT2D eigenvalue weighted by molar-refractivity contribution is 6.38. The summed E-state index contributed by atoms with van der Waals surface area (Å²) >= 11 is 0. The van der Waals surface area contributed by atoms with Gasteiger partial charge in [-0.3, -0.25) is 14.4 Å². The van der Waals surface area contributed by atoms with Crippen LogP contribution in [-0.2, 0) is 16.0 Å². The molecule has 1 aromatic carbocycles. The molecule has 2 amide bonds. The predicted octanol–water partition coefficient (Wildman–Crippen LogP) is 0.983. The van der Waals surface area contributed by atoms with Gasteiger partial charge in [0.25, 0.3) is 11.8 Å². The van der Waals surface area contributed by atoms with Crippen LogP contribution in [0.15, 0.2) is 42.5 Å². The number of hydrogen-bond donors (Lipinski definition) is 2. The Kier molecular flexibility index (Phi) is 6.01. The summed E-state index contributed by atoms with van der Waals surface area (Å²) in [4.78, 5) is 45.4. The van der Waals surface area contributed by atoms with Crippen molar-refractivity contribution in [1.29, 1.82) is 0 Å². The van der Waals surface area contributed by atoms with Crippen LogP contribution in [0.25, 0.3) is 5.82 Å². The molecule has 0 saturated carbocycles. The molecule has 0 bridgehead atoms. The summed E-state index contributed by atoms with van der Waals surface area (Å²) in [7, 11) is 0. The second kappa shape index (κ2) is 8.64. The third-order valence-corrected chi connectivity index (χ3v) is 4.38. The largest absolute Gasteiger partial charge is 0.363 e. The van der Waals surface area contributed by atoms with Crippen LogP contribution < -0.4 is 11.1 Å². The molecule has 154 valence electrons. The number of aromatic nitrogens is 4. The van der Waals surface area contributed by atoms with E-state index in [4.69, 9.17) is 5.73 Å². The Morgan fingerprint density at radius 2 is 1.73 bits per heavy atom. The normalized spacial score (nSPS) is 11.7. The SMILES string of the molecule is Cc1cc(-n2nc(C)cc2C(=O)N[C@@H](Cc2ccccc2)C(=O)C(N)=O)nc(C)n1. The number of amides is 2. The number of primary amides is 1. The second-order valence-corrected chi connectivity index (χ2v) is 6.94. The van der Waals surface area contributed by atoms with Crippen molar-refractivity contribution in [2.45, 2.75) is 33.2 Å². The molecule has 9 heteroatoms. The Balaban J connectivity index is 1.92. The van der Waals surface area contributed by atoms with Crippen molar-refractivity contribution in [3.05, 3.63) is 70.9 Å². The molecule has 0 aliphatic rings. The summed E-state index contributed by atoms with van der Waals surface area (Å²) in [6.07, 6.45) is 0.132. The molecule has 1 atom stereocenters. The maximum Gasteiger partial charge on any atom is 0.287 e. The summed E-state index contributed by atoms with van der Waals surface area (Å²) in [6.45, 7) is 5.30. The van der Waals surface area contributed by atoms with Gasteiger partial charge in [-0.25, -0.2) is 14.6 Å². The molecule has 0 fully saturated rings. The third kappa shape index (κ3) is 4.75. The van der Waals surface area contributed by atoms with E-state index in [1.165, 1.54) is 4.68 Å². The van der Waals surface area contributed by atoms with E-state index in [1.54, 1.807) is 50.2 Å². The molecule has 0 spiro atoms. The number of hydrogen-bond acceptors (Lipinski definition) is 6. The van der Waals surface area contributed by atoms with E-state index in [0.717, 1.165) is 11.3 Å². The van der Waals surface area contributed by atoms with Crippen molar-refractivity contribution in [1.82, 2.24) is 25.1 Å². The molecule has 0 unspecified atom stereocenters. The topological polar surface area (TPSA) is 133 Å². The molecule has 9 nitrogen and oxygen atoms in total. The monoisotopic (exact) mass is 406 g/mol. The lowest BCUT2D eigenvalue weighted by Crippen LogP contribution is -2.47. The third-order valence-electron chi connectivity index (χ3n) is 4.38. The van der Waals surface area contributed by atoms with E-state index in [2.05, 4.69) is 20.4 Å². The Morgan fingerprint density at radius 3 is 2.37 bits per heavy atom. The molecule has 0 aliphatic heterocycles. The fourth-order valence-electron chi connectivity index (χ4n) is 3.10. The van der Waals surface area contributed by atoms with Crippen LogP contribution in [0, 0.1) is 20.8 Å². The molecule has 0 aliphatic carbocycles. The number of nitrogens with zero attached hydrogens (tertiary/aromatic N) is 4. The lowest BCUT2D eigenvalue weighted by atomic mass is 10.0. The lowest BCUT2D eigenvalue weighted by molar-refractivity contribution is -0.137. The van der Waals surface area contributed by atoms with Crippen LogP contribution in [0.2, 0.25) is 0 Å². The van der Waals surface area contributed by atoms with E-state index in [0.29, 0.717) is 17.3 Å². The Hall–Kier alpha value is -3.88. The lowest BCUT2D eigenvalue weighted by Gasteiger charge is -2.17. The molecule has 3 rings (SSSR count). The average Bonchev–Trinajstić information content (AvgIpc) is 3.09. The van der Waals surface area contributed by atoms with Gasteiger partial charge in [-0.1, -0.05) is 30.3 Å². The minimum Gasteiger partial charge on any atom is -0.363 e. The highest BCUT2D eigenvalue weighted by Gasteiger charge is 2.27. The predicted molar refractivity (Wildman–Crippen MR) is 109 cm³/mol. The van der Waals surface area contributed by atoms with Crippen LogP contribution in [0.3, 0.4) is 0 Å². The van der Waals surface area contributed by atoms with Crippen LogP contribution >= 0.6 is 0 Å².